The highest BCUT2D eigenvalue weighted by Gasteiger charge is 2.32. The molecule has 0 aliphatic heterocycles. The number of carbonyl (C=O) groups excluding carboxylic acids is 1. The molecule has 1 heterocycles. The Morgan fingerprint density at radius 1 is 1.56 bits per heavy atom. The molecule has 0 aromatic carbocycles. The number of alkyl halides is 2. The number of pyridine rings is 1. The fourth-order valence-electron chi connectivity index (χ4n) is 1.02. The molecule has 0 amide bonds. The molecule has 0 fully saturated rings. The van der Waals surface area contributed by atoms with E-state index in [9.17, 15) is 28.1 Å². The van der Waals surface area contributed by atoms with Crippen LogP contribution in [0.3, 0.4) is 0 Å². The zero-order valence-corrected chi connectivity index (χ0v) is 8.04. The Kier molecular flexibility index (Phi) is 3.43. The lowest BCUT2D eigenvalue weighted by atomic mass is 10.1. The molecule has 1 aromatic rings. The zero-order chi connectivity index (χ0) is 12.5. The molecule has 0 unspecified atom stereocenters. The molecule has 0 bridgehead atoms. The van der Waals surface area contributed by atoms with Crippen molar-refractivity contribution >= 4 is 22.5 Å². The van der Waals surface area contributed by atoms with Gasteiger partial charge in [0.15, 0.2) is 5.56 Å². The first-order chi connectivity index (χ1) is 7.36. The van der Waals surface area contributed by atoms with E-state index in [0.717, 1.165) is 0 Å². The Bertz CT molecular complexity index is 466. The van der Waals surface area contributed by atoms with Crippen LogP contribution in [0.25, 0.3) is 0 Å². The fraction of sp³-hybridized carbons (Fsp3) is 0.143. The van der Waals surface area contributed by atoms with Crippen LogP contribution in [0.1, 0.15) is 22.3 Å². The molecule has 16 heavy (non-hydrogen) atoms. The molecule has 1 aromatic heterocycles. The molecule has 0 aliphatic rings. The van der Waals surface area contributed by atoms with Crippen molar-refractivity contribution in [3.8, 4) is 0 Å². The number of halogens is 4. The van der Waals surface area contributed by atoms with E-state index >= 15 is 0 Å². The first-order valence-electron chi connectivity index (χ1n) is 3.67. The van der Waals surface area contributed by atoms with Gasteiger partial charge in [0.1, 0.15) is 5.56 Å². The normalized spacial score (nSPS) is 10.6. The van der Waals surface area contributed by atoms with Crippen LogP contribution in [0.15, 0.2) is 6.20 Å². The number of hydrogen-bond donors (Lipinski definition) is 0. The van der Waals surface area contributed by atoms with Gasteiger partial charge in [-0.05, 0) is 11.6 Å². The summed E-state index contributed by atoms with van der Waals surface area (Å²) in [7, 11) is 0. The largest absolute Gasteiger partial charge is 0.296 e. The van der Waals surface area contributed by atoms with Gasteiger partial charge in [0.25, 0.3) is 17.4 Å². The second-order valence-electron chi connectivity index (χ2n) is 2.56. The maximum absolute atomic E-state index is 12.9. The zero-order valence-electron chi connectivity index (χ0n) is 7.29. The lowest BCUT2D eigenvalue weighted by Gasteiger charge is -2.04. The van der Waals surface area contributed by atoms with Gasteiger partial charge in [-0.25, -0.2) is 13.8 Å². The molecule has 9 heteroatoms. The Hall–Kier alpha value is -1.70. The van der Waals surface area contributed by atoms with Crippen molar-refractivity contribution in [1.29, 1.82) is 0 Å². The van der Waals surface area contributed by atoms with Crippen molar-refractivity contribution in [1.82, 2.24) is 4.98 Å². The predicted molar refractivity (Wildman–Crippen MR) is 46.0 cm³/mol. The van der Waals surface area contributed by atoms with Gasteiger partial charge in [0.05, 0.1) is 4.92 Å². The Morgan fingerprint density at radius 2 is 2.12 bits per heavy atom. The summed E-state index contributed by atoms with van der Waals surface area (Å²) in [6, 6.07) is 0. The lowest BCUT2D eigenvalue weighted by Crippen LogP contribution is -2.08. The van der Waals surface area contributed by atoms with Gasteiger partial charge in [-0.1, -0.05) is 0 Å². The highest BCUT2D eigenvalue weighted by atomic mass is 35.5. The molecule has 0 radical (unpaired) electrons. The molecule has 86 valence electrons. The summed E-state index contributed by atoms with van der Waals surface area (Å²) >= 11 is 4.87. The van der Waals surface area contributed by atoms with Crippen LogP contribution in [-0.4, -0.2) is 15.1 Å². The van der Waals surface area contributed by atoms with Gasteiger partial charge in [-0.15, -0.1) is 0 Å². The van der Waals surface area contributed by atoms with Crippen LogP contribution < -0.4 is 0 Å². The van der Waals surface area contributed by atoms with Crippen molar-refractivity contribution in [2.75, 3.05) is 0 Å². The standard InChI is InChI=1S/C7H2ClF3N2O3/c8-5(14)3-4(13(15)16)2(6(9)10)1-12-7(3)11/h1,6H. The third-order valence-corrected chi connectivity index (χ3v) is 1.84. The highest BCUT2D eigenvalue weighted by molar-refractivity contribution is 6.68. The van der Waals surface area contributed by atoms with Gasteiger partial charge in [-0.3, -0.25) is 14.9 Å². The quantitative estimate of drug-likeness (QED) is 0.359. The molecule has 0 aliphatic carbocycles. The van der Waals surface area contributed by atoms with Crippen LogP contribution in [0.4, 0.5) is 18.9 Å². The van der Waals surface area contributed by atoms with Crippen molar-refractivity contribution in [3.05, 3.63) is 33.4 Å². The minimum atomic E-state index is -3.26. The van der Waals surface area contributed by atoms with Crippen molar-refractivity contribution < 1.29 is 22.9 Å². The lowest BCUT2D eigenvalue weighted by molar-refractivity contribution is -0.386. The third-order valence-electron chi connectivity index (χ3n) is 1.65. The average molecular weight is 255 g/mol. The highest BCUT2D eigenvalue weighted by Crippen LogP contribution is 2.32. The van der Waals surface area contributed by atoms with Gasteiger partial charge in [0.2, 0.25) is 5.95 Å². The molecule has 0 spiro atoms. The van der Waals surface area contributed by atoms with E-state index in [4.69, 9.17) is 11.6 Å². The van der Waals surface area contributed by atoms with E-state index in [2.05, 4.69) is 4.98 Å². The second kappa shape index (κ2) is 4.44. The first kappa shape index (κ1) is 12.4. The maximum atomic E-state index is 12.9. The minimum absolute atomic E-state index is 0.293. The molecule has 0 N–H and O–H groups in total. The van der Waals surface area contributed by atoms with Crippen LogP contribution >= 0.6 is 11.6 Å². The molecule has 5 nitrogen and oxygen atoms in total. The summed E-state index contributed by atoms with van der Waals surface area (Å²) in [5.41, 5.74) is -3.78. The number of nitrogens with zero attached hydrogens (tertiary/aromatic N) is 2. The molecule has 0 saturated heterocycles. The smallest absolute Gasteiger partial charge is 0.275 e. The summed E-state index contributed by atoms with van der Waals surface area (Å²) in [5, 5.41) is 8.91. The van der Waals surface area contributed by atoms with E-state index in [1.807, 2.05) is 0 Å². The van der Waals surface area contributed by atoms with E-state index in [0.29, 0.717) is 6.20 Å². The molecule has 0 saturated carbocycles. The minimum Gasteiger partial charge on any atom is -0.275 e. The van der Waals surface area contributed by atoms with Crippen LogP contribution in [0.5, 0.6) is 0 Å². The van der Waals surface area contributed by atoms with Crippen molar-refractivity contribution in [2.45, 2.75) is 6.43 Å². The summed E-state index contributed by atoms with van der Waals surface area (Å²) in [5.74, 6) is -1.56. The SMILES string of the molecule is O=C(Cl)c1c(F)ncc(C(F)F)c1[N+](=O)[O-]. The third kappa shape index (κ3) is 2.11. The fourth-order valence-corrected chi connectivity index (χ4v) is 1.19. The van der Waals surface area contributed by atoms with E-state index < -0.39 is 39.4 Å². The predicted octanol–water partition coefficient (Wildman–Crippen LogP) is 2.45. The topological polar surface area (TPSA) is 73.1 Å². The number of hydrogen-bond acceptors (Lipinski definition) is 4. The van der Waals surface area contributed by atoms with Gasteiger partial charge in [0, 0.05) is 6.20 Å². The van der Waals surface area contributed by atoms with Crippen LogP contribution in [0.2, 0.25) is 0 Å². The monoisotopic (exact) mass is 254 g/mol. The summed E-state index contributed by atoms with van der Waals surface area (Å²) < 4.78 is 37.6. The summed E-state index contributed by atoms with van der Waals surface area (Å²) in [6.07, 6.45) is -2.97. The van der Waals surface area contributed by atoms with Gasteiger partial charge in [-0.2, -0.15) is 4.39 Å². The summed E-state index contributed by atoms with van der Waals surface area (Å²) in [4.78, 5) is 22.7. The van der Waals surface area contributed by atoms with E-state index in [-0.39, 0.29) is 0 Å². The van der Waals surface area contributed by atoms with Crippen molar-refractivity contribution in [2.24, 2.45) is 0 Å². The number of nitro groups is 1. The number of rotatable bonds is 3. The molecule has 0 atom stereocenters. The summed E-state index contributed by atoms with van der Waals surface area (Å²) in [6.45, 7) is 0. The van der Waals surface area contributed by atoms with Gasteiger partial charge >= 0.3 is 0 Å². The van der Waals surface area contributed by atoms with E-state index in [1.54, 1.807) is 0 Å². The second-order valence-corrected chi connectivity index (χ2v) is 2.90. The maximum Gasteiger partial charge on any atom is 0.296 e. The Labute approximate surface area is 91.0 Å². The van der Waals surface area contributed by atoms with Crippen LogP contribution in [-0.2, 0) is 0 Å². The van der Waals surface area contributed by atoms with Crippen molar-refractivity contribution in [3.63, 3.8) is 0 Å². The molecular weight excluding hydrogens is 253 g/mol. The first-order valence-corrected chi connectivity index (χ1v) is 4.04. The number of aromatic nitrogens is 1. The van der Waals surface area contributed by atoms with Crippen LogP contribution in [0, 0.1) is 16.1 Å². The average Bonchev–Trinajstić information content (AvgIpc) is 2.15. The molecule has 1 rings (SSSR count). The van der Waals surface area contributed by atoms with E-state index in [1.165, 1.54) is 0 Å². The van der Waals surface area contributed by atoms with Gasteiger partial charge < -0.3 is 0 Å². The Balaban J connectivity index is 3.63. The molecular formula is C7H2ClF3N2O3. The number of carbonyl (C=O) groups is 1. The Morgan fingerprint density at radius 3 is 2.50 bits per heavy atom.